The van der Waals surface area contributed by atoms with Gasteiger partial charge in [-0.2, -0.15) is 0 Å². The lowest BCUT2D eigenvalue weighted by Crippen LogP contribution is -2.41. The molecule has 2 amide bonds. The van der Waals surface area contributed by atoms with Gasteiger partial charge in [0.1, 0.15) is 23.6 Å². The van der Waals surface area contributed by atoms with Crippen molar-refractivity contribution >= 4 is 28.6 Å². The minimum absolute atomic E-state index is 0.0689. The summed E-state index contributed by atoms with van der Waals surface area (Å²) in [5, 5.41) is 3.78. The molecule has 134 valence electrons. The van der Waals surface area contributed by atoms with E-state index in [1.165, 1.54) is 12.1 Å². The predicted octanol–water partition coefficient (Wildman–Crippen LogP) is 2.84. The molecule has 1 aliphatic rings. The third kappa shape index (κ3) is 3.05. The molecular formula is C18H19FN6O. The number of benzene rings is 1. The van der Waals surface area contributed by atoms with Gasteiger partial charge in [0.15, 0.2) is 0 Å². The Balaban J connectivity index is 1.43. The molecule has 4 rings (SSSR count). The molecule has 3 heterocycles. The van der Waals surface area contributed by atoms with Crippen LogP contribution in [0, 0.1) is 5.82 Å². The van der Waals surface area contributed by atoms with Crippen LogP contribution in [-0.4, -0.2) is 52.1 Å². The summed E-state index contributed by atoms with van der Waals surface area (Å²) in [6.07, 6.45) is 4.24. The maximum absolute atomic E-state index is 13.0. The number of hydrogen-bond donors (Lipinski definition) is 2. The number of fused-ring (bicyclic) bond motifs is 1. The molecule has 1 saturated heterocycles. The zero-order valence-electron chi connectivity index (χ0n) is 14.3. The van der Waals surface area contributed by atoms with E-state index in [2.05, 4.69) is 25.2 Å². The monoisotopic (exact) mass is 354 g/mol. The Morgan fingerprint density at radius 3 is 2.92 bits per heavy atom. The van der Waals surface area contributed by atoms with Gasteiger partial charge in [-0.15, -0.1) is 0 Å². The number of nitrogens with zero attached hydrogens (tertiary/aromatic N) is 4. The first-order chi connectivity index (χ1) is 12.6. The Morgan fingerprint density at radius 1 is 1.31 bits per heavy atom. The zero-order chi connectivity index (χ0) is 18.1. The SMILES string of the molecule is CN(C(=O)Nc1ccc(F)cc1)[C@@H]1CCN(c2ncnc3[nH]ccc23)C1. The van der Waals surface area contributed by atoms with Crippen LogP contribution >= 0.6 is 0 Å². The molecular weight excluding hydrogens is 335 g/mol. The van der Waals surface area contributed by atoms with Crippen molar-refractivity contribution in [1.82, 2.24) is 19.9 Å². The minimum Gasteiger partial charge on any atom is -0.354 e. The average Bonchev–Trinajstić information content (AvgIpc) is 3.32. The summed E-state index contributed by atoms with van der Waals surface area (Å²) in [4.78, 5) is 28.1. The summed E-state index contributed by atoms with van der Waals surface area (Å²) in [5.74, 6) is 0.551. The summed E-state index contributed by atoms with van der Waals surface area (Å²) < 4.78 is 13.0. The third-order valence-corrected chi connectivity index (χ3v) is 4.76. The molecule has 1 aliphatic heterocycles. The third-order valence-electron chi connectivity index (χ3n) is 4.76. The first-order valence-corrected chi connectivity index (χ1v) is 8.44. The Bertz CT molecular complexity index is 925. The molecule has 2 N–H and O–H groups in total. The lowest BCUT2D eigenvalue weighted by Gasteiger charge is -2.25. The van der Waals surface area contributed by atoms with Crippen molar-refractivity contribution in [2.75, 3.05) is 30.4 Å². The van der Waals surface area contributed by atoms with Gasteiger partial charge in [0.05, 0.1) is 11.4 Å². The average molecular weight is 354 g/mol. The Labute approximate surface area is 149 Å². The lowest BCUT2D eigenvalue weighted by molar-refractivity contribution is 0.208. The number of likely N-dealkylation sites (N-methyl/N-ethyl adjacent to an activating group) is 1. The molecule has 26 heavy (non-hydrogen) atoms. The molecule has 1 atom stereocenters. The van der Waals surface area contributed by atoms with Gasteiger partial charge in [-0.1, -0.05) is 0 Å². The van der Waals surface area contributed by atoms with Crippen LogP contribution in [0.4, 0.5) is 20.7 Å². The smallest absolute Gasteiger partial charge is 0.321 e. The fourth-order valence-electron chi connectivity index (χ4n) is 3.27. The van der Waals surface area contributed by atoms with E-state index < -0.39 is 0 Å². The van der Waals surface area contributed by atoms with Crippen molar-refractivity contribution in [3.05, 3.63) is 48.7 Å². The van der Waals surface area contributed by atoms with Crippen LogP contribution in [-0.2, 0) is 0 Å². The van der Waals surface area contributed by atoms with Crippen LogP contribution in [0.1, 0.15) is 6.42 Å². The fraction of sp³-hybridized carbons (Fsp3) is 0.278. The molecule has 8 heteroatoms. The van der Waals surface area contributed by atoms with Crippen molar-refractivity contribution in [3.8, 4) is 0 Å². The van der Waals surface area contributed by atoms with Gasteiger partial charge < -0.3 is 20.1 Å². The van der Waals surface area contributed by atoms with Gasteiger partial charge in [0.2, 0.25) is 0 Å². The van der Waals surface area contributed by atoms with Crippen LogP contribution in [0.2, 0.25) is 0 Å². The molecule has 0 bridgehead atoms. The second-order valence-corrected chi connectivity index (χ2v) is 6.37. The second kappa shape index (κ2) is 6.62. The highest BCUT2D eigenvalue weighted by atomic mass is 19.1. The summed E-state index contributed by atoms with van der Waals surface area (Å²) in [6.45, 7) is 1.51. The van der Waals surface area contributed by atoms with Crippen LogP contribution in [0.25, 0.3) is 11.0 Å². The van der Waals surface area contributed by atoms with Crippen molar-refractivity contribution in [2.24, 2.45) is 0 Å². The number of carbonyl (C=O) groups is 1. The molecule has 1 aromatic carbocycles. The van der Waals surface area contributed by atoms with Crippen molar-refractivity contribution in [3.63, 3.8) is 0 Å². The molecule has 0 saturated carbocycles. The number of rotatable bonds is 3. The molecule has 0 unspecified atom stereocenters. The van der Waals surface area contributed by atoms with E-state index in [-0.39, 0.29) is 17.9 Å². The number of nitrogens with one attached hydrogen (secondary N) is 2. The molecule has 0 aliphatic carbocycles. The standard InChI is InChI=1S/C18H19FN6O/c1-24(18(26)23-13-4-2-12(19)3-5-13)14-7-9-25(10-14)17-15-6-8-20-16(15)21-11-22-17/h2-6,8,11,14H,7,9-10H2,1H3,(H,23,26)(H,20,21,22)/t14-/m1/s1. The van der Waals surface area contributed by atoms with E-state index in [1.807, 2.05) is 12.3 Å². The summed E-state index contributed by atoms with van der Waals surface area (Å²) in [6, 6.07) is 7.56. The fourth-order valence-corrected chi connectivity index (χ4v) is 3.27. The largest absolute Gasteiger partial charge is 0.354 e. The van der Waals surface area contributed by atoms with E-state index in [0.29, 0.717) is 12.2 Å². The molecule has 0 spiro atoms. The first kappa shape index (κ1) is 16.3. The quantitative estimate of drug-likeness (QED) is 0.758. The van der Waals surface area contributed by atoms with E-state index in [0.717, 1.165) is 29.8 Å². The molecule has 2 aromatic heterocycles. The normalized spacial score (nSPS) is 16.8. The van der Waals surface area contributed by atoms with Gasteiger partial charge >= 0.3 is 6.03 Å². The van der Waals surface area contributed by atoms with Crippen LogP contribution in [0.5, 0.6) is 0 Å². The minimum atomic E-state index is -0.330. The Hall–Kier alpha value is -3.16. The highest BCUT2D eigenvalue weighted by Gasteiger charge is 2.30. The van der Waals surface area contributed by atoms with Gasteiger partial charge in [-0.25, -0.2) is 19.2 Å². The molecule has 0 radical (unpaired) electrons. The number of H-pyrrole nitrogens is 1. The number of hydrogen-bond acceptors (Lipinski definition) is 4. The second-order valence-electron chi connectivity index (χ2n) is 6.37. The number of amides is 2. The highest BCUT2D eigenvalue weighted by Crippen LogP contribution is 2.27. The molecule has 1 fully saturated rings. The number of aromatic amines is 1. The van der Waals surface area contributed by atoms with Crippen molar-refractivity contribution in [1.29, 1.82) is 0 Å². The van der Waals surface area contributed by atoms with Gasteiger partial charge in [-0.3, -0.25) is 0 Å². The maximum Gasteiger partial charge on any atom is 0.321 e. The number of urea groups is 1. The van der Waals surface area contributed by atoms with E-state index in [9.17, 15) is 9.18 Å². The van der Waals surface area contributed by atoms with E-state index >= 15 is 0 Å². The number of carbonyl (C=O) groups excluding carboxylic acids is 1. The van der Waals surface area contributed by atoms with Crippen LogP contribution in [0.15, 0.2) is 42.9 Å². The maximum atomic E-state index is 13.0. The lowest BCUT2D eigenvalue weighted by atomic mass is 10.2. The van der Waals surface area contributed by atoms with Crippen LogP contribution in [0.3, 0.4) is 0 Å². The highest BCUT2D eigenvalue weighted by molar-refractivity contribution is 5.90. The van der Waals surface area contributed by atoms with Crippen LogP contribution < -0.4 is 10.2 Å². The summed E-state index contributed by atoms with van der Waals surface area (Å²) in [7, 11) is 1.78. The Morgan fingerprint density at radius 2 is 2.12 bits per heavy atom. The molecule has 7 nitrogen and oxygen atoms in total. The summed E-state index contributed by atoms with van der Waals surface area (Å²) in [5.41, 5.74) is 1.38. The Kier molecular flexibility index (Phi) is 4.16. The van der Waals surface area contributed by atoms with E-state index in [4.69, 9.17) is 0 Å². The number of anilines is 2. The van der Waals surface area contributed by atoms with Gasteiger partial charge in [0, 0.05) is 32.0 Å². The predicted molar refractivity (Wildman–Crippen MR) is 97.7 cm³/mol. The zero-order valence-corrected chi connectivity index (χ0v) is 14.3. The first-order valence-electron chi connectivity index (χ1n) is 8.44. The summed E-state index contributed by atoms with van der Waals surface area (Å²) >= 11 is 0. The van der Waals surface area contributed by atoms with Gasteiger partial charge in [0.25, 0.3) is 0 Å². The topological polar surface area (TPSA) is 77.2 Å². The van der Waals surface area contributed by atoms with Crippen molar-refractivity contribution in [2.45, 2.75) is 12.5 Å². The van der Waals surface area contributed by atoms with Gasteiger partial charge in [-0.05, 0) is 36.8 Å². The van der Waals surface area contributed by atoms with E-state index in [1.54, 1.807) is 30.4 Å². The van der Waals surface area contributed by atoms with Crippen molar-refractivity contribution < 1.29 is 9.18 Å². The molecule has 3 aromatic rings. The number of aromatic nitrogens is 3. The number of halogens is 1.